The van der Waals surface area contributed by atoms with Gasteiger partial charge in [0.25, 0.3) is 0 Å². The Labute approximate surface area is 245 Å². The predicted octanol–water partition coefficient (Wildman–Crippen LogP) is 8.50. The summed E-state index contributed by atoms with van der Waals surface area (Å²) in [4.78, 5) is 8.48. The number of aromatic nitrogens is 1. The largest absolute Gasteiger partial charge is 0.358 e. The molecule has 0 atom stereocenters. The van der Waals surface area contributed by atoms with Gasteiger partial charge in [0.15, 0.2) is 0 Å². The first kappa shape index (κ1) is 27.4. The predicted molar refractivity (Wildman–Crippen MR) is 163 cm³/mol. The van der Waals surface area contributed by atoms with Crippen molar-refractivity contribution in [2.24, 2.45) is 0 Å². The van der Waals surface area contributed by atoms with Crippen molar-refractivity contribution in [1.82, 2.24) is 14.8 Å². The van der Waals surface area contributed by atoms with Crippen molar-refractivity contribution in [3.8, 4) is 22.4 Å². The van der Waals surface area contributed by atoms with E-state index in [1.54, 1.807) is 0 Å². The van der Waals surface area contributed by atoms with E-state index in [0.29, 0.717) is 17.1 Å². The first-order valence-corrected chi connectivity index (χ1v) is 14.3. The van der Waals surface area contributed by atoms with Crippen LogP contribution in [-0.2, 0) is 6.54 Å². The minimum atomic E-state index is -0.582. The lowest BCUT2D eigenvalue weighted by Crippen LogP contribution is -2.47. The molecule has 41 heavy (non-hydrogen) atoms. The molecule has 5 aromatic rings. The molecular weight excluding hydrogens is 536 g/mol. The normalized spacial score (nSPS) is 14.6. The smallest absolute Gasteiger partial charge is 0.134 e. The summed E-state index contributed by atoms with van der Waals surface area (Å²) >= 11 is 6.18. The van der Waals surface area contributed by atoms with Crippen LogP contribution < -0.4 is 0 Å². The summed E-state index contributed by atoms with van der Waals surface area (Å²) in [5.41, 5.74) is 7.54. The molecule has 1 saturated heterocycles. The molecule has 1 aliphatic rings. The molecule has 0 saturated carbocycles. The van der Waals surface area contributed by atoms with Crippen molar-refractivity contribution in [2.45, 2.75) is 19.5 Å². The van der Waals surface area contributed by atoms with Crippen molar-refractivity contribution in [1.29, 1.82) is 0 Å². The van der Waals surface area contributed by atoms with Gasteiger partial charge in [-0.2, -0.15) is 0 Å². The Morgan fingerprint density at radius 2 is 1.39 bits per heavy atom. The molecule has 0 bridgehead atoms. The highest BCUT2D eigenvalue weighted by Gasteiger charge is 2.28. The summed E-state index contributed by atoms with van der Waals surface area (Å²) in [5, 5.41) is 0.658. The molecule has 0 spiro atoms. The zero-order valence-electron chi connectivity index (χ0n) is 23.0. The van der Waals surface area contributed by atoms with E-state index in [9.17, 15) is 4.39 Å². The van der Waals surface area contributed by atoms with Gasteiger partial charge in [-0.15, -0.1) is 0 Å². The minimum Gasteiger partial charge on any atom is -0.358 e. The third-order valence-corrected chi connectivity index (χ3v) is 8.26. The molecule has 0 amide bonds. The molecule has 4 aromatic carbocycles. The van der Waals surface area contributed by atoms with Crippen LogP contribution >= 0.6 is 11.6 Å². The highest BCUT2D eigenvalue weighted by Crippen LogP contribution is 2.38. The standard InChI is InChI=1S/C35H32ClF2N3/c1-24-33(30-17-16-29(37)22-32(30)38)31(34(39-24)25-12-14-28(36)15-13-25)23-40-18-20-41(21-19-40)35(26-8-4-2-5-9-26)27-10-6-3-7-11-27/h2-17,22,35,39H,18-21,23H2,1H3. The summed E-state index contributed by atoms with van der Waals surface area (Å²) in [6.07, 6.45) is 0. The Morgan fingerprint density at radius 1 is 0.780 bits per heavy atom. The fourth-order valence-corrected chi connectivity index (χ4v) is 6.17. The lowest BCUT2D eigenvalue weighted by Gasteiger charge is -2.40. The molecular formula is C35H32ClF2N3. The Bertz CT molecular complexity index is 1570. The number of hydrogen-bond acceptors (Lipinski definition) is 2. The zero-order valence-corrected chi connectivity index (χ0v) is 23.7. The minimum absolute atomic E-state index is 0.183. The van der Waals surface area contributed by atoms with E-state index >= 15 is 4.39 Å². The van der Waals surface area contributed by atoms with Gasteiger partial charge in [0, 0.05) is 60.6 Å². The first-order chi connectivity index (χ1) is 20.0. The molecule has 0 unspecified atom stereocenters. The van der Waals surface area contributed by atoms with Gasteiger partial charge < -0.3 is 4.98 Å². The zero-order chi connectivity index (χ0) is 28.3. The quantitative estimate of drug-likeness (QED) is 0.213. The second-order valence-electron chi connectivity index (χ2n) is 10.6. The van der Waals surface area contributed by atoms with Crippen LogP contribution in [0.1, 0.15) is 28.4 Å². The van der Waals surface area contributed by atoms with Crippen LogP contribution in [0.3, 0.4) is 0 Å². The molecule has 1 N–H and O–H groups in total. The van der Waals surface area contributed by atoms with Crippen molar-refractivity contribution in [3.05, 3.63) is 142 Å². The SMILES string of the molecule is Cc1[nH]c(-c2ccc(Cl)cc2)c(CN2CCN(C(c3ccccc3)c3ccccc3)CC2)c1-c1ccc(F)cc1F. The average molecular weight is 568 g/mol. The molecule has 208 valence electrons. The van der Waals surface area contributed by atoms with E-state index in [1.165, 1.54) is 23.3 Å². The number of aryl methyl sites for hydroxylation is 1. The number of hydrogen-bond donors (Lipinski definition) is 1. The summed E-state index contributed by atoms with van der Waals surface area (Å²) in [5.74, 6) is -1.14. The van der Waals surface area contributed by atoms with Crippen LogP contribution in [0.4, 0.5) is 8.78 Å². The molecule has 6 rings (SSSR count). The van der Waals surface area contributed by atoms with Crippen molar-refractivity contribution < 1.29 is 8.78 Å². The molecule has 0 radical (unpaired) electrons. The molecule has 1 aliphatic heterocycles. The van der Waals surface area contributed by atoms with Gasteiger partial charge in [-0.3, -0.25) is 9.80 Å². The van der Waals surface area contributed by atoms with Gasteiger partial charge in [0.1, 0.15) is 11.6 Å². The molecule has 2 heterocycles. The molecule has 1 fully saturated rings. The fourth-order valence-electron chi connectivity index (χ4n) is 6.04. The van der Waals surface area contributed by atoms with Crippen LogP contribution in [0.5, 0.6) is 0 Å². The topological polar surface area (TPSA) is 22.3 Å². The van der Waals surface area contributed by atoms with E-state index in [1.807, 2.05) is 31.2 Å². The van der Waals surface area contributed by atoms with E-state index in [0.717, 1.165) is 60.3 Å². The second-order valence-corrected chi connectivity index (χ2v) is 11.1. The Balaban J connectivity index is 1.30. The Morgan fingerprint density at radius 3 is 1.98 bits per heavy atom. The van der Waals surface area contributed by atoms with Crippen molar-refractivity contribution in [3.63, 3.8) is 0 Å². The number of nitrogens with one attached hydrogen (secondary N) is 1. The molecule has 3 nitrogen and oxygen atoms in total. The number of rotatable bonds is 7. The average Bonchev–Trinajstić information content (AvgIpc) is 3.30. The van der Waals surface area contributed by atoms with Gasteiger partial charge in [-0.25, -0.2) is 8.78 Å². The van der Waals surface area contributed by atoms with Gasteiger partial charge in [0.05, 0.1) is 11.7 Å². The monoisotopic (exact) mass is 567 g/mol. The summed E-state index contributed by atoms with van der Waals surface area (Å²) in [7, 11) is 0. The fraction of sp³-hybridized carbons (Fsp3) is 0.200. The number of H-pyrrole nitrogens is 1. The van der Waals surface area contributed by atoms with E-state index in [4.69, 9.17) is 11.6 Å². The number of benzene rings is 4. The second kappa shape index (κ2) is 12.0. The number of nitrogens with zero attached hydrogens (tertiary/aromatic N) is 2. The highest BCUT2D eigenvalue weighted by molar-refractivity contribution is 6.30. The first-order valence-electron chi connectivity index (χ1n) is 14.0. The Kier molecular flexibility index (Phi) is 8.02. The van der Waals surface area contributed by atoms with Crippen molar-refractivity contribution in [2.75, 3.05) is 26.2 Å². The molecule has 1 aromatic heterocycles. The number of aromatic amines is 1. The lowest BCUT2D eigenvalue weighted by atomic mass is 9.95. The maximum Gasteiger partial charge on any atom is 0.134 e. The number of halogens is 3. The summed E-state index contributed by atoms with van der Waals surface area (Å²) in [6.45, 7) is 6.12. The van der Waals surface area contributed by atoms with Crippen LogP contribution in [0.25, 0.3) is 22.4 Å². The van der Waals surface area contributed by atoms with E-state index in [2.05, 4.69) is 75.4 Å². The van der Waals surface area contributed by atoms with E-state index < -0.39 is 11.6 Å². The number of piperazine rings is 1. The summed E-state index contributed by atoms with van der Waals surface area (Å²) < 4.78 is 28.9. The third-order valence-electron chi connectivity index (χ3n) is 8.01. The molecule has 6 heteroatoms. The lowest BCUT2D eigenvalue weighted by molar-refractivity contribution is 0.105. The third kappa shape index (κ3) is 5.84. The maximum atomic E-state index is 15.1. The van der Waals surface area contributed by atoms with Crippen LogP contribution in [0.15, 0.2) is 103 Å². The summed E-state index contributed by atoms with van der Waals surface area (Å²) in [6, 6.07) is 33.0. The van der Waals surface area contributed by atoms with Crippen LogP contribution in [0.2, 0.25) is 5.02 Å². The van der Waals surface area contributed by atoms with Gasteiger partial charge in [-0.1, -0.05) is 84.4 Å². The van der Waals surface area contributed by atoms with Gasteiger partial charge in [-0.05, 0) is 53.4 Å². The van der Waals surface area contributed by atoms with E-state index in [-0.39, 0.29) is 6.04 Å². The molecule has 0 aliphatic carbocycles. The van der Waals surface area contributed by atoms with Gasteiger partial charge >= 0.3 is 0 Å². The van der Waals surface area contributed by atoms with Gasteiger partial charge in [0.2, 0.25) is 0 Å². The highest BCUT2D eigenvalue weighted by atomic mass is 35.5. The van der Waals surface area contributed by atoms with Crippen LogP contribution in [-0.4, -0.2) is 41.0 Å². The van der Waals surface area contributed by atoms with Crippen molar-refractivity contribution >= 4 is 11.6 Å². The Hall–Kier alpha value is -3.77. The van der Waals surface area contributed by atoms with Crippen LogP contribution in [0, 0.1) is 18.6 Å². The maximum absolute atomic E-state index is 15.1.